The van der Waals surface area contributed by atoms with Crippen LogP contribution in [0.5, 0.6) is 0 Å². The summed E-state index contributed by atoms with van der Waals surface area (Å²) < 4.78 is 0. The Hall–Kier alpha value is -8.35. The molecule has 322 valence electrons. The molecule has 0 spiro atoms. The van der Waals surface area contributed by atoms with Crippen molar-refractivity contribution in [2.45, 2.75) is 19.8 Å². The van der Waals surface area contributed by atoms with Gasteiger partial charge in [-0.25, -0.2) is 0 Å². The zero-order valence-electron chi connectivity index (χ0n) is 36.9. The van der Waals surface area contributed by atoms with Gasteiger partial charge in [0.15, 0.2) is 5.78 Å². The van der Waals surface area contributed by atoms with E-state index in [0.29, 0.717) is 12.8 Å². The summed E-state index contributed by atoms with van der Waals surface area (Å²) in [6.45, 7) is 3.03. The average molecular weight is 859 g/mol. The van der Waals surface area contributed by atoms with Crippen molar-refractivity contribution in [3.8, 4) is 55.6 Å². The molecule has 2 aliphatic rings. The number of ketones is 1. The van der Waals surface area contributed by atoms with E-state index in [1.165, 1.54) is 24.4 Å². The van der Waals surface area contributed by atoms with Crippen molar-refractivity contribution in [3.63, 3.8) is 0 Å². The van der Waals surface area contributed by atoms with Gasteiger partial charge in [-0.1, -0.05) is 133 Å². The van der Waals surface area contributed by atoms with E-state index in [0.717, 1.165) is 85.9 Å². The average Bonchev–Trinajstić information content (AvgIpc) is 4.08. The Morgan fingerprint density at radius 3 is 1.17 bits per heavy atom. The molecule has 2 heterocycles. The number of rotatable bonds is 13. The molecule has 0 fully saturated rings. The van der Waals surface area contributed by atoms with Gasteiger partial charge in [-0.2, -0.15) is 0 Å². The maximum atomic E-state index is 12.8. The van der Waals surface area contributed by atoms with E-state index < -0.39 is 0 Å². The van der Waals surface area contributed by atoms with Crippen LogP contribution in [0.1, 0.15) is 18.9 Å². The van der Waals surface area contributed by atoms with Crippen molar-refractivity contribution in [2.75, 3.05) is 32.9 Å². The molecule has 8 aromatic carbocycles. The fourth-order valence-electron chi connectivity index (χ4n) is 9.06. The normalized spacial score (nSPS) is 13.5. The van der Waals surface area contributed by atoms with Crippen LogP contribution in [0.4, 0.5) is 22.7 Å². The fraction of sp³-hybridized carbons (Fsp3) is 0.0833. The molecule has 66 heavy (non-hydrogen) atoms. The Balaban J connectivity index is 1.01. The van der Waals surface area contributed by atoms with Crippen LogP contribution in [0.3, 0.4) is 0 Å². The van der Waals surface area contributed by atoms with Crippen molar-refractivity contribution >= 4 is 28.5 Å². The van der Waals surface area contributed by atoms with E-state index >= 15 is 0 Å². The maximum Gasteiger partial charge on any atom is 0.159 e. The molecular formula is C60H50N4O2. The standard InChI is InChI=1S/C60H50N4O2/c1-44(65)38-55(66)33-28-45-14-8-9-19-56(45)48-39-49(59-22-12-10-20-57(59)46-24-29-53(30-25-46)63-36-34-61(42-63)51-15-4-2-5-16-51)41-50(40-48)60-23-13-11-21-58(60)47-26-31-54(32-27-47)64-37-35-62(43-64)52-17-6-3-7-18-52/h2-27,29-32,34-41,65H,28,33,42-43H2,1H3. The van der Waals surface area contributed by atoms with Crippen LogP contribution in [-0.2, 0) is 11.2 Å². The van der Waals surface area contributed by atoms with Crippen molar-refractivity contribution in [2.24, 2.45) is 0 Å². The zero-order chi connectivity index (χ0) is 44.8. The number of carbonyl (C=O) groups is 1. The van der Waals surface area contributed by atoms with Gasteiger partial charge in [0, 0.05) is 60.0 Å². The predicted molar refractivity (Wildman–Crippen MR) is 274 cm³/mol. The smallest absolute Gasteiger partial charge is 0.159 e. The second-order valence-electron chi connectivity index (χ2n) is 16.8. The molecular weight excluding hydrogens is 809 g/mol. The van der Waals surface area contributed by atoms with Crippen molar-refractivity contribution < 1.29 is 9.90 Å². The summed E-state index contributed by atoms with van der Waals surface area (Å²) >= 11 is 0. The lowest BCUT2D eigenvalue weighted by atomic mass is 9.86. The monoisotopic (exact) mass is 858 g/mol. The first-order chi connectivity index (χ1) is 32.4. The van der Waals surface area contributed by atoms with Gasteiger partial charge in [-0.3, -0.25) is 4.79 Å². The molecule has 1 N–H and O–H groups in total. The Kier molecular flexibility index (Phi) is 11.9. The molecule has 0 aromatic heterocycles. The van der Waals surface area contributed by atoms with Crippen LogP contribution < -0.4 is 19.6 Å². The van der Waals surface area contributed by atoms with E-state index in [-0.39, 0.29) is 11.5 Å². The first-order valence-electron chi connectivity index (χ1n) is 22.5. The number of anilines is 4. The van der Waals surface area contributed by atoms with Crippen LogP contribution >= 0.6 is 0 Å². The Labute approximate surface area is 387 Å². The largest absolute Gasteiger partial charge is 0.512 e. The minimum absolute atomic E-state index is 0.0254. The molecule has 0 amide bonds. The Bertz CT molecular complexity index is 2910. The summed E-state index contributed by atoms with van der Waals surface area (Å²) in [5, 5.41) is 9.79. The number of aryl methyl sites for hydroxylation is 1. The van der Waals surface area contributed by atoms with E-state index in [2.05, 4.69) is 226 Å². The topological polar surface area (TPSA) is 50.3 Å². The molecule has 0 radical (unpaired) electrons. The fourth-order valence-corrected chi connectivity index (χ4v) is 9.06. The third-order valence-corrected chi connectivity index (χ3v) is 12.4. The van der Waals surface area contributed by atoms with E-state index in [4.69, 9.17) is 0 Å². The second-order valence-corrected chi connectivity index (χ2v) is 16.8. The lowest BCUT2D eigenvalue weighted by molar-refractivity contribution is -0.114. The van der Waals surface area contributed by atoms with Crippen molar-refractivity contribution in [1.82, 2.24) is 0 Å². The molecule has 0 bridgehead atoms. The SMILES string of the molecule is CC(O)=CC(=O)CCc1ccccc1-c1cc(-c2ccccc2-c2ccc(N3C=CN(c4ccccc4)C3)cc2)cc(-c2ccccc2-c2ccc(N3C=CN(c4ccccc4)C3)cc2)c1. The lowest BCUT2D eigenvalue weighted by Gasteiger charge is -2.22. The van der Waals surface area contributed by atoms with Crippen molar-refractivity contribution in [1.29, 1.82) is 0 Å². The summed E-state index contributed by atoms with van der Waals surface area (Å²) in [4.78, 5) is 21.8. The lowest BCUT2D eigenvalue weighted by Crippen LogP contribution is -2.24. The van der Waals surface area contributed by atoms with Gasteiger partial charge in [-0.15, -0.1) is 0 Å². The van der Waals surface area contributed by atoms with Gasteiger partial charge in [0.25, 0.3) is 0 Å². The molecule has 0 saturated carbocycles. The summed E-state index contributed by atoms with van der Waals surface area (Å²) in [5.74, 6) is -0.0694. The predicted octanol–water partition coefficient (Wildman–Crippen LogP) is 14.5. The number of benzene rings is 8. The second kappa shape index (κ2) is 18.8. The summed E-state index contributed by atoms with van der Waals surface area (Å²) in [6.07, 6.45) is 10.7. The highest BCUT2D eigenvalue weighted by atomic mass is 16.3. The van der Waals surface area contributed by atoms with E-state index in [1.54, 1.807) is 0 Å². The number of nitrogens with zero attached hydrogens (tertiary/aromatic N) is 4. The van der Waals surface area contributed by atoms with E-state index in [1.807, 2.05) is 18.2 Å². The molecule has 0 aliphatic carbocycles. The van der Waals surface area contributed by atoms with Crippen molar-refractivity contribution in [3.05, 3.63) is 242 Å². The molecule has 6 nitrogen and oxygen atoms in total. The molecule has 2 aliphatic heterocycles. The minimum atomic E-state index is -0.0947. The van der Waals surface area contributed by atoms with Crippen LogP contribution in [0.25, 0.3) is 55.6 Å². The highest BCUT2D eigenvalue weighted by molar-refractivity contribution is 5.93. The van der Waals surface area contributed by atoms with Gasteiger partial charge in [-0.05, 0) is 141 Å². The summed E-state index contributed by atoms with van der Waals surface area (Å²) in [5.41, 5.74) is 16.8. The summed E-state index contributed by atoms with van der Waals surface area (Å²) in [7, 11) is 0. The van der Waals surface area contributed by atoms with Crippen LogP contribution in [0, 0.1) is 0 Å². The highest BCUT2D eigenvalue weighted by Gasteiger charge is 2.19. The van der Waals surface area contributed by atoms with E-state index in [9.17, 15) is 9.90 Å². The number of hydrogen-bond donors (Lipinski definition) is 1. The number of allylic oxidation sites excluding steroid dienone is 2. The van der Waals surface area contributed by atoms with Crippen LogP contribution in [0.15, 0.2) is 237 Å². The molecule has 10 rings (SSSR count). The number of aliphatic hydroxyl groups is 1. The van der Waals surface area contributed by atoms with Gasteiger partial charge < -0.3 is 24.7 Å². The number of hydrogen-bond acceptors (Lipinski definition) is 6. The first kappa shape index (κ1) is 41.6. The van der Waals surface area contributed by atoms with Gasteiger partial charge in [0.05, 0.1) is 19.1 Å². The molecule has 0 atom stereocenters. The molecule has 8 aromatic rings. The Morgan fingerprint density at radius 2 is 0.758 bits per heavy atom. The quantitative estimate of drug-likeness (QED) is 0.0921. The molecule has 0 unspecified atom stereocenters. The third-order valence-electron chi connectivity index (χ3n) is 12.4. The first-order valence-corrected chi connectivity index (χ1v) is 22.5. The van der Waals surface area contributed by atoms with Gasteiger partial charge >= 0.3 is 0 Å². The Morgan fingerprint density at radius 1 is 0.424 bits per heavy atom. The number of carbonyl (C=O) groups excluding carboxylic acids is 1. The van der Waals surface area contributed by atoms with Crippen LogP contribution in [0.2, 0.25) is 0 Å². The number of aliphatic hydroxyl groups excluding tert-OH is 1. The number of para-hydroxylation sites is 2. The highest BCUT2D eigenvalue weighted by Crippen LogP contribution is 2.42. The van der Waals surface area contributed by atoms with Crippen LogP contribution in [-0.4, -0.2) is 24.2 Å². The van der Waals surface area contributed by atoms with Gasteiger partial charge in [0.2, 0.25) is 0 Å². The molecule has 6 heteroatoms. The minimum Gasteiger partial charge on any atom is -0.512 e. The molecule has 0 saturated heterocycles. The maximum absolute atomic E-state index is 12.8. The summed E-state index contributed by atoms with van der Waals surface area (Å²) in [6, 6.07) is 71.2. The van der Waals surface area contributed by atoms with Gasteiger partial charge in [0.1, 0.15) is 0 Å². The zero-order valence-corrected chi connectivity index (χ0v) is 36.9. The third kappa shape index (κ3) is 9.03.